The lowest BCUT2D eigenvalue weighted by atomic mass is 9.92. The van der Waals surface area contributed by atoms with Gasteiger partial charge in [-0.15, -0.1) is 0 Å². The number of hydrogen-bond acceptors (Lipinski definition) is 2. The van der Waals surface area contributed by atoms with Crippen molar-refractivity contribution in [1.82, 2.24) is 10.6 Å². The van der Waals surface area contributed by atoms with Gasteiger partial charge in [-0.05, 0) is 30.7 Å². The Balaban J connectivity index is 1.89. The Kier molecular flexibility index (Phi) is 7.00. The number of amides is 3. The van der Waals surface area contributed by atoms with Crippen molar-refractivity contribution in [3.63, 3.8) is 0 Å². The third-order valence-electron chi connectivity index (χ3n) is 4.94. The average Bonchev–Trinajstić information content (AvgIpc) is 3.38. The van der Waals surface area contributed by atoms with Crippen molar-refractivity contribution >= 4 is 11.9 Å². The summed E-state index contributed by atoms with van der Waals surface area (Å²) in [6.07, 6.45) is 3.15. The second-order valence-corrected chi connectivity index (χ2v) is 7.48. The summed E-state index contributed by atoms with van der Waals surface area (Å²) in [5, 5.41) is 7.19. The molecule has 1 aromatic carbocycles. The van der Waals surface area contributed by atoms with Crippen LogP contribution in [0.3, 0.4) is 0 Å². The molecule has 0 aliphatic heterocycles. The third kappa shape index (κ3) is 6.16. The van der Waals surface area contributed by atoms with E-state index >= 15 is 0 Å². The van der Waals surface area contributed by atoms with Crippen LogP contribution in [0, 0.1) is 5.92 Å². The van der Waals surface area contributed by atoms with Crippen molar-refractivity contribution in [2.75, 3.05) is 6.54 Å². The van der Waals surface area contributed by atoms with E-state index in [0.29, 0.717) is 11.8 Å². The molecule has 2 rings (SSSR count). The first kappa shape index (κ1) is 19.4. The van der Waals surface area contributed by atoms with E-state index in [0.717, 1.165) is 19.3 Å². The Labute approximate surface area is 151 Å². The van der Waals surface area contributed by atoms with E-state index in [2.05, 4.69) is 62.6 Å². The Bertz CT molecular complexity index is 579. The fourth-order valence-corrected chi connectivity index (χ4v) is 2.94. The van der Waals surface area contributed by atoms with Gasteiger partial charge in [0.15, 0.2) is 6.54 Å². The highest BCUT2D eigenvalue weighted by molar-refractivity contribution is 5.94. The molecule has 25 heavy (non-hydrogen) atoms. The van der Waals surface area contributed by atoms with Crippen LogP contribution in [0.15, 0.2) is 24.3 Å². The third-order valence-corrected chi connectivity index (χ3v) is 4.94. The molecule has 0 radical (unpaired) electrons. The molecule has 0 heterocycles. The maximum atomic E-state index is 12.0. The van der Waals surface area contributed by atoms with Crippen molar-refractivity contribution in [3.8, 4) is 0 Å². The largest absolute Gasteiger partial charge is 0.335 e. The van der Waals surface area contributed by atoms with E-state index < -0.39 is 0 Å². The highest BCUT2D eigenvalue weighted by atomic mass is 16.2. The Hall–Kier alpha value is -1.88. The first-order valence-corrected chi connectivity index (χ1v) is 9.44. The number of carbonyl (C=O) groups is 2. The van der Waals surface area contributed by atoms with E-state index in [4.69, 9.17) is 0 Å². The zero-order chi connectivity index (χ0) is 18.4. The van der Waals surface area contributed by atoms with Gasteiger partial charge < -0.3 is 10.6 Å². The molecule has 0 aromatic heterocycles. The van der Waals surface area contributed by atoms with E-state index in [1.807, 2.05) is 5.32 Å². The number of rotatable bonds is 8. The zero-order valence-corrected chi connectivity index (χ0v) is 15.8. The van der Waals surface area contributed by atoms with Gasteiger partial charge in [0, 0.05) is 17.5 Å². The van der Waals surface area contributed by atoms with Crippen LogP contribution < -0.4 is 16.0 Å². The van der Waals surface area contributed by atoms with E-state index in [-0.39, 0.29) is 30.6 Å². The standard InChI is InChI=1S/C20H31N3O2/c1-5-14(4)15-6-8-16(9-7-15)19(13(2)3)21-12-18(24)23-20(25)22-17-10-11-17/h6-9,13-14,17,19,21H,5,10-12H2,1-4H3,(H2,22,23,24,25)/p+1/t14-,19-/m0/s1. The molecular weight excluding hydrogens is 314 g/mol. The SMILES string of the molecule is CC[C@H](C)c1ccc([C@@H]([NH2+]CC(=O)NC(=O)NC2CC2)C(C)C)cc1. The number of carbonyl (C=O) groups excluding carboxylic acids is 2. The van der Waals surface area contributed by atoms with Crippen molar-refractivity contribution < 1.29 is 14.9 Å². The summed E-state index contributed by atoms with van der Waals surface area (Å²) in [5.74, 6) is 0.703. The number of imide groups is 1. The number of nitrogens with one attached hydrogen (secondary N) is 2. The van der Waals surface area contributed by atoms with E-state index in [1.54, 1.807) is 0 Å². The molecule has 138 valence electrons. The van der Waals surface area contributed by atoms with Crippen LogP contribution >= 0.6 is 0 Å². The molecule has 5 nitrogen and oxygen atoms in total. The number of nitrogens with two attached hydrogens (primary N) is 1. The van der Waals surface area contributed by atoms with Gasteiger partial charge >= 0.3 is 6.03 Å². The predicted octanol–water partition coefficient (Wildman–Crippen LogP) is 2.45. The second-order valence-electron chi connectivity index (χ2n) is 7.48. The molecule has 1 fully saturated rings. The van der Waals surface area contributed by atoms with Crippen LogP contribution in [-0.2, 0) is 4.79 Å². The smallest absolute Gasteiger partial charge is 0.321 e. The molecule has 3 amide bonds. The minimum atomic E-state index is -0.375. The van der Waals surface area contributed by atoms with Gasteiger partial charge in [0.05, 0.1) is 0 Å². The lowest BCUT2D eigenvalue weighted by molar-refractivity contribution is -0.692. The first-order chi connectivity index (χ1) is 11.9. The van der Waals surface area contributed by atoms with Gasteiger partial charge in [-0.1, -0.05) is 52.0 Å². The van der Waals surface area contributed by atoms with Crippen LogP contribution in [0.25, 0.3) is 0 Å². The topological polar surface area (TPSA) is 74.8 Å². The van der Waals surface area contributed by atoms with E-state index in [9.17, 15) is 9.59 Å². The van der Waals surface area contributed by atoms with Gasteiger partial charge in [-0.3, -0.25) is 10.1 Å². The molecule has 0 bridgehead atoms. The average molecular weight is 346 g/mol. The monoisotopic (exact) mass is 346 g/mol. The van der Waals surface area contributed by atoms with Crippen LogP contribution in [0.1, 0.15) is 70.0 Å². The number of urea groups is 1. The fraction of sp³-hybridized carbons (Fsp3) is 0.600. The van der Waals surface area contributed by atoms with Gasteiger partial charge in [0.1, 0.15) is 6.04 Å². The van der Waals surface area contributed by atoms with Gasteiger partial charge in [0.2, 0.25) is 0 Å². The Morgan fingerprint density at radius 1 is 1.12 bits per heavy atom. The molecule has 4 N–H and O–H groups in total. The second kappa shape index (κ2) is 8.99. The molecule has 1 aromatic rings. The first-order valence-electron chi connectivity index (χ1n) is 9.44. The normalized spacial score (nSPS) is 16.4. The lowest BCUT2D eigenvalue weighted by Gasteiger charge is -2.20. The van der Waals surface area contributed by atoms with E-state index in [1.165, 1.54) is 11.1 Å². The molecular formula is C20H32N3O2+. The number of hydrogen-bond donors (Lipinski definition) is 3. The summed E-state index contributed by atoms with van der Waals surface area (Å²) < 4.78 is 0. The number of quaternary nitrogens is 1. The maximum absolute atomic E-state index is 12.0. The van der Waals surface area contributed by atoms with Crippen molar-refractivity contribution in [1.29, 1.82) is 0 Å². The highest BCUT2D eigenvalue weighted by Crippen LogP contribution is 2.23. The minimum absolute atomic E-state index is 0.197. The van der Waals surface area contributed by atoms with Crippen molar-refractivity contribution in [2.45, 2.75) is 65.0 Å². The Morgan fingerprint density at radius 2 is 1.72 bits per heavy atom. The molecule has 2 atom stereocenters. The molecule has 0 saturated heterocycles. The minimum Gasteiger partial charge on any atom is -0.335 e. The molecule has 5 heteroatoms. The summed E-state index contributed by atoms with van der Waals surface area (Å²) in [5.41, 5.74) is 2.57. The molecule has 1 aliphatic carbocycles. The van der Waals surface area contributed by atoms with Crippen molar-refractivity contribution in [3.05, 3.63) is 35.4 Å². The fourth-order valence-electron chi connectivity index (χ4n) is 2.94. The van der Waals surface area contributed by atoms with Gasteiger partial charge in [0.25, 0.3) is 5.91 Å². The zero-order valence-electron chi connectivity index (χ0n) is 15.8. The predicted molar refractivity (Wildman–Crippen MR) is 99.2 cm³/mol. The molecule has 0 spiro atoms. The maximum Gasteiger partial charge on any atom is 0.321 e. The molecule has 1 saturated carbocycles. The van der Waals surface area contributed by atoms with Gasteiger partial charge in [-0.2, -0.15) is 0 Å². The highest BCUT2D eigenvalue weighted by Gasteiger charge is 2.25. The summed E-state index contributed by atoms with van der Waals surface area (Å²) in [4.78, 5) is 23.6. The summed E-state index contributed by atoms with van der Waals surface area (Å²) in [6, 6.07) is 8.79. The molecule has 0 unspecified atom stereocenters. The summed E-state index contributed by atoms with van der Waals surface area (Å²) in [6.45, 7) is 8.98. The quantitative estimate of drug-likeness (QED) is 0.676. The number of benzene rings is 1. The van der Waals surface area contributed by atoms with Crippen molar-refractivity contribution in [2.24, 2.45) is 5.92 Å². The summed E-state index contributed by atoms with van der Waals surface area (Å²) >= 11 is 0. The van der Waals surface area contributed by atoms with Crippen LogP contribution in [0.5, 0.6) is 0 Å². The lowest BCUT2D eigenvalue weighted by Crippen LogP contribution is -2.88. The molecule has 1 aliphatic rings. The van der Waals surface area contributed by atoms with Crippen LogP contribution in [-0.4, -0.2) is 24.5 Å². The Morgan fingerprint density at radius 3 is 2.24 bits per heavy atom. The van der Waals surface area contributed by atoms with Crippen LogP contribution in [0.4, 0.5) is 4.79 Å². The van der Waals surface area contributed by atoms with Gasteiger partial charge in [-0.25, -0.2) is 4.79 Å². The summed E-state index contributed by atoms with van der Waals surface area (Å²) in [7, 11) is 0. The van der Waals surface area contributed by atoms with Crippen LogP contribution in [0.2, 0.25) is 0 Å².